The molecule has 0 spiro atoms. The Morgan fingerprint density at radius 3 is 1.91 bits per heavy atom. The van der Waals surface area contributed by atoms with Gasteiger partial charge in [0.25, 0.3) is 0 Å². The van der Waals surface area contributed by atoms with E-state index in [0.717, 1.165) is 12.0 Å². The summed E-state index contributed by atoms with van der Waals surface area (Å²) in [5.41, 5.74) is 1.01. The predicted octanol–water partition coefficient (Wildman–Crippen LogP) is 2.56. The molecule has 0 aliphatic heterocycles. The summed E-state index contributed by atoms with van der Waals surface area (Å²) in [6, 6.07) is 6.48. The van der Waals surface area contributed by atoms with Crippen molar-refractivity contribution in [3.63, 3.8) is 0 Å². The zero-order chi connectivity index (χ0) is 18.1. The lowest BCUT2D eigenvalue weighted by Crippen LogP contribution is -2.00. The van der Waals surface area contributed by atoms with Gasteiger partial charge in [-0.3, -0.25) is 14.3 Å². The van der Waals surface area contributed by atoms with Crippen molar-refractivity contribution in [2.24, 2.45) is 0 Å². The summed E-state index contributed by atoms with van der Waals surface area (Å²) in [4.78, 5) is 33.4. The highest BCUT2D eigenvalue weighted by Gasteiger charge is 2.16. The van der Waals surface area contributed by atoms with Crippen LogP contribution in [0.4, 0.5) is 0 Å². The molecule has 0 fully saturated rings. The van der Waals surface area contributed by atoms with Crippen molar-refractivity contribution in [1.82, 2.24) is 0 Å². The van der Waals surface area contributed by atoms with Gasteiger partial charge in [0.05, 0.1) is 6.10 Å². The molecule has 0 aliphatic rings. The number of hydrogen-bond acceptors (Lipinski definition) is 4. The summed E-state index contributed by atoms with van der Waals surface area (Å²) < 4.78 is 29.0. The predicted molar refractivity (Wildman–Crippen MR) is 85.8 cm³/mol. The summed E-state index contributed by atoms with van der Waals surface area (Å²) in [6.45, 7) is 8.35. The summed E-state index contributed by atoms with van der Waals surface area (Å²) in [7, 11) is -8.75. The molecule has 130 valence electrons. The standard InChI is InChI=1S/C9H11O4P.C4H9O4P/c1-2-3-8-4-6-9(7-5-8)13-14(10,11)12;1-3-4(2)8-9(5,6)7/h2,4-7H,1,3H2,(H2,10,11,12);3-4H,1H2,2H3,(H2,5,6,7). The van der Waals surface area contributed by atoms with Gasteiger partial charge in [-0.25, -0.2) is 9.13 Å². The molecule has 8 nitrogen and oxygen atoms in total. The average molecular weight is 366 g/mol. The number of phosphoric ester groups is 2. The molecule has 1 aromatic rings. The van der Waals surface area contributed by atoms with Crippen LogP contribution in [0, 0.1) is 0 Å². The Balaban J connectivity index is 0.000000468. The Labute approximate surface area is 134 Å². The Kier molecular flexibility index (Phi) is 9.27. The summed E-state index contributed by atoms with van der Waals surface area (Å²) in [5, 5.41) is 0. The second kappa shape index (κ2) is 9.80. The fourth-order valence-electron chi connectivity index (χ4n) is 1.25. The summed E-state index contributed by atoms with van der Waals surface area (Å²) in [5.74, 6) is 0.158. The fraction of sp³-hybridized carbons (Fsp3) is 0.231. The van der Waals surface area contributed by atoms with E-state index in [1.54, 1.807) is 18.2 Å². The molecule has 0 bridgehead atoms. The molecule has 0 heterocycles. The molecular formula is C13H20O8P2. The highest BCUT2D eigenvalue weighted by molar-refractivity contribution is 7.46. The van der Waals surface area contributed by atoms with E-state index >= 15 is 0 Å². The molecule has 1 rings (SSSR count). The maximum absolute atomic E-state index is 10.5. The van der Waals surface area contributed by atoms with Crippen molar-refractivity contribution in [3.05, 3.63) is 55.1 Å². The second-order valence-electron chi connectivity index (χ2n) is 4.26. The Bertz CT molecular complexity index is 586. The first-order valence-electron chi connectivity index (χ1n) is 6.28. The van der Waals surface area contributed by atoms with Crippen molar-refractivity contribution in [1.29, 1.82) is 0 Å². The number of benzene rings is 1. The lowest BCUT2D eigenvalue weighted by Gasteiger charge is -2.07. The van der Waals surface area contributed by atoms with Crippen molar-refractivity contribution in [2.45, 2.75) is 19.4 Å². The molecular weight excluding hydrogens is 346 g/mol. The van der Waals surface area contributed by atoms with Crippen LogP contribution in [-0.2, 0) is 20.1 Å². The maximum Gasteiger partial charge on any atom is 0.524 e. The number of phosphoric acid groups is 2. The van der Waals surface area contributed by atoms with Crippen LogP contribution in [0.3, 0.4) is 0 Å². The Hall–Kier alpha value is -1.24. The molecule has 0 radical (unpaired) electrons. The van der Waals surface area contributed by atoms with Crippen molar-refractivity contribution in [2.75, 3.05) is 0 Å². The van der Waals surface area contributed by atoms with Gasteiger partial charge in [-0.05, 0) is 31.0 Å². The van der Waals surface area contributed by atoms with Gasteiger partial charge in [-0.1, -0.05) is 24.3 Å². The van der Waals surface area contributed by atoms with E-state index < -0.39 is 21.7 Å². The SMILES string of the molecule is C=CC(C)OP(=O)(O)O.C=CCc1ccc(OP(=O)(O)O)cc1. The Morgan fingerprint density at radius 1 is 1.09 bits per heavy atom. The third-order valence-corrected chi connectivity index (χ3v) is 3.22. The van der Waals surface area contributed by atoms with Gasteiger partial charge >= 0.3 is 15.6 Å². The summed E-state index contributed by atoms with van der Waals surface area (Å²) in [6.07, 6.45) is 3.17. The van der Waals surface area contributed by atoms with Crippen molar-refractivity contribution in [3.8, 4) is 5.75 Å². The van der Waals surface area contributed by atoms with Gasteiger partial charge in [-0.2, -0.15) is 0 Å². The van der Waals surface area contributed by atoms with E-state index in [1.807, 2.05) is 0 Å². The van der Waals surface area contributed by atoms with Crippen LogP contribution < -0.4 is 4.52 Å². The Morgan fingerprint density at radius 2 is 1.61 bits per heavy atom. The van der Waals surface area contributed by atoms with Gasteiger partial charge in [0, 0.05) is 0 Å². The maximum atomic E-state index is 10.5. The van der Waals surface area contributed by atoms with Gasteiger partial charge in [0.15, 0.2) is 0 Å². The van der Waals surface area contributed by atoms with Crippen LogP contribution >= 0.6 is 15.6 Å². The second-order valence-corrected chi connectivity index (χ2v) is 6.61. The van der Waals surface area contributed by atoms with E-state index in [2.05, 4.69) is 22.2 Å². The van der Waals surface area contributed by atoms with Crippen LogP contribution in [0.5, 0.6) is 5.75 Å². The van der Waals surface area contributed by atoms with E-state index in [-0.39, 0.29) is 5.75 Å². The van der Waals surface area contributed by atoms with Crippen LogP contribution in [0.2, 0.25) is 0 Å². The van der Waals surface area contributed by atoms with E-state index in [1.165, 1.54) is 25.1 Å². The minimum atomic E-state index is -4.44. The zero-order valence-electron chi connectivity index (χ0n) is 12.5. The minimum absolute atomic E-state index is 0.158. The molecule has 0 saturated heterocycles. The molecule has 23 heavy (non-hydrogen) atoms. The van der Waals surface area contributed by atoms with Crippen LogP contribution in [0.15, 0.2) is 49.6 Å². The molecule has 1 unspecified atom stereocenters. The molecule has 10 heteroatoms. The van der Waals surface area contributed by atoms with E-state index in [0.29, 0.717) is 0 Å². The zero-order valence-corrected chi connectivity index (χ0v) is 14.3. The van der Waals surface area contributed by atoms with Gasteiger partial charge < -0.3 is 14.3 Å². The first-order valence-corrected chi connectivity index (χ1v) is 9.34. The van der Waals surface area contributed by atoms with Gasteiger partial charge in [0.2, 0.25) is 0 Å². The van der Waals surface area contributed by atoms with Crippen molar-refractivity contribution >= 4 is 15.6 Å². The van der Waals surface area contributed by atoms with E-state index in [9.17, 15) is 9.13 Å². The number of allylic oxidation sites excluding steroid dienone is 1. The highest BCUT2D eigenvalue weighted by atomic mass is 31.2. The topological polar surface area (TPSA) is 134 Å². The third kappa shape index (κ3) is 12.9. The molecule has 0 amide bonds. The first kappa shape index (κ1) is 21.8. The average Bonchev–Trinajstić information content (AvgIpc) is 2.38. The van der Waals surface area contributed by atoms with E-state index in [4.69, 9.17) is 19.6 Å². The highest BCUT2D eigenvalue weighted by Crippen LogP contribution is 2.38. The van der Waals surface area contributed by atoms with Crippen LogP contribution in [-0.4, -0.2) is 25.7 Å². The lowest BCUT2D eigenvalue weighted by molar-refractivity contribution is 0.171. The smallest absolute Gasteiger partial charge is 0.404 e. The number of hydrogen-bond donors (Lipinski definition) is 4. The van der Waals surface area contributed by atoms with Gasteiger partial charge in [-0.15, -0.1) is 13.2 Å². The molecule has 0 aromatic heterocycles. The van der Waals surface area contributed by atoms with Gasteiger partial charge in [0.1, 0.15) is 5.75 Å². The quantitative estimate of drug-likeness (QED) is 0.427. The van der Waals surface area contributed by atoms with Crippen LogP contribution in [0.1, 0.15) is 12.5 Å². The molecule has 1 atom stereocenters. The molecule has 4 N–H and O–H groups in total. The number of rotatable bonds is 7. The largest absolute Gasteiger partial charge is 0.524 e. The lowest BCUT2D eigenvalue weighted by atomic mass is 10.1. The summed E-state index contributed by atoms with van der Waals surface area (Å²) >= 11 is 0. The third-order valence-electron chi connectivity index (χ3n) is 2.16. The molecule has 0 aliphatic carbocycles. The van der Waals surface area contributed by atoms with Crippen LogP contribution in [0.25, 0.3) is 0 Å². The molecule has 0 saturated carbocycles. The van der Waals surface area contributed by atoms with Crippen molar-refractivity contribution < 1.29 is 37.8 Å². The molecule has 1 aromatic carbocycles. The fourth-order valence-corrected chi connectivity index (χ4v) is 2.17. The minimum Gasteiger partial charge on any atom is -0.404 e. The first-order chi connectivity index (χ1) is 10.5. The monoisotopic (exact) mass is 366 g/mol. The normalized spacial score (nSPS) is 12.6.